The van der Waals surface area contributed by atoms with E-state index < -0.39 is 6.04 Å². The fourth-order valence-corrected chi connectivity index (χ4v) is 2.37. The molecule has 0 heterocycles. The minimum atomic E-state index is -0.645. The maximum absolute atomic E-state index is 12.5. The van der Waals surface area contributed by atoms with Gasteiger partial charge in [-0.05, 0) is 24.1 Å². The van der Waals surface area contributed by atoms with Gasteiger partial charge in [-0.2, -0.15) is 0 Å². The molecule has 0 bridgehead atoms. The van der Waals surface area contributed by atoms with E-state index >= 15 is 0 Å². The van der Waals surface area contributed by atoms with E-state index in [0.717, 1.165) is 11.1 Å². The lowest BCUT2D eigenvalue weighted by atomic mass is 10.1. The van der Waals surface area contributed by atoms with Crippen molar-refractivity contribution in [2.24, 2.45) is 5.73 Å². The first-order chi connectivity index (χ1) is 10.1. The fraction of sp³-hybridized carbons (Fsp3) is 0.235. The molecule has 0 saturated heterocycles. The zero-order valence-electron chi connectivity index (χ0n) is 12.0. The minimum absolute atomic E-state index is 0.0939. The molecule has 1 atom stereocenters. The Morgan fingerprint density at radius 1 is 1.14 bits per heavy atom. The van der Waals surface area contributed by atoms with Crippen molar-refractivity contribution >= 4 is 17.5 Å². The highest BCUT2D eigenvalue weighted by Gasteiger charge is 2.21. The van der Waals surface area contributed by atoms with Crippen LogP contribution in [0.5, 0.6) is 0 Å². The Balaban J connectivity index is 2.14. The highest BCUT2D eigenvalue weighted by molar-refractivity contribution is 6.31. The van der Waals surface area contributed by atoms with Crippen LogP contribution >= 0.6 is 11.6 Å². The van der Waals surface area contributed by atoms with Crippen LogP contribution in [-0.2, 0) is 11.3 Å². The minimum Gasteiger partial charge on any atom is -0.337 e. The second-order valence-corrected chi connectivity index (χ2v) is 5.24. The van der Waals surface area contributed by atoms with E-state index in [4.69, 9.17) is 17.3 Å². The molecule has 1 amide bonds. The molecule has 0 aliphatic rings. The first-order valence-corrected chi connectivity index (χ1v) is 7.34. The number of carbonyl (C=O) groups excluding carboxylic acids is 1. The van der Waals surface area contributed by atoms with Crippen LogP contribution in [0, 0.1) is 0 Å². The van der Waals surface area contributed by atoms with Gasteiger partial charge in [0.1, 0.15) is 6.04 Å². The van der Waals surface area contributed by atoms with Gasteiger partial charge in [-0.1, -0.05) is 60.1 Å². The van der Waals surface area contributed by atoms with E-state index in [1.807, 2.05) is 61.5 Å². The van der Waals surface area contributed by atoms with Gasteiger partial charge in [-0.3, -0.25) is 4.79 Å². The summed E-state index contributed by atoms with van der Waals surface area (Å²) in [4.78, 5) is 14.3. The summed E-state index contributed by atoms with van der Waals surface area (Å²) in [6.07, 6.45) is 0. The van der Waals surface area contributed by atoms with Crippen LogP contribution in [0.15, 0.2) is 54.6 Å². The van der Waals surface area contributed by atoms with Gasteiger partial charge in [-0.25, -0.2) is 0 Å². The number of hydrogen-bond acceptors (Lipinski definition) is 2. The van der Waals surface area contributed by atoms with Crippen molar-refractivity contribution < 1.29 is 4.79 Å². The van der Waals surface area contributed by atoms with E-state index in [-0.39, 0.29) is 5.91 Å². The topological polar surface area (TPSA) is 46.3 Å². The van der Waals surface area contributed by atoms with Gasteiger partial charge < -0.3 is 10.6 Å². The SMILES string of the molecule is CCN(Cc1ccccc1Cl)C(=O)[C@H](N)c1ccccc1. The Morgan fingerprint density at radius 3 is 2.38 bits per heavy atom. The summed E-state index contributed by atoms with van der Waals surface area (Å²) >= 11 is 6.16. The molecule has 0 aromatic heterocycles. The number of rotatable bonds is 5. The van der Waals surface area contributed by atoms with Gasteiger partial charge in [0.15, 0.2) is 0 Å². The van der Waals surface area contributed by atoms with Crippen LogP contribution in [0.1, 0.15) is 24.1 Å². The number of amides is 1. The standard InChI is InChI=1S/C17H19ClN2O/c1-2-20(12-14-10-6-7-11-15(14)18)17(21)16(19)13-8-4-3-5-9-13/h3-11,16H,2,12,19H2,1H3/t16-/m1/s1. The summed E-state index contributed by atoms with van der Waals surface area (Å²) in [5, 5.41) is 0.664. The summed E-state index contributed by atoms with van der Waals surface area (Å²) in [6.45, 7) is 2.99. The third-order valence-electron chi connectivity index (χ3n) is 3.44. The van der Waals surface area contributed by atoms with Gasteiger partial charge in [0.25, 0.3) is 0 Å². The third-order valence-corrected chi connectivity index (χ3v) is 3.81. The van der Waals surface area contributed by atoms with E-state index in [9.17, 15) is 4.79 Å². The summed E-state index contributed by atoms with van der Waals surface area (Å²) in [5.74, 6) is -0.0939. The Bertz CT molecular complexity index is 601. The van der Waals surface area contributed by atoms with Crippen molar-refractivity contribution in [2.75, 3.05) is 6.54 Å². The van der Waals surface area contributed by atoms with E-state index in [0.29, 0.717) is 18.1 Å². The van der Waals surface area contributed by atoms with Gasteiger partial charge in [0, 0.05) is 18.1 Å². The first kappa shape index (κ1) is 15.5. The zero-order chi connectivity index (χ0) is 15.2. The van der Waals surface area contributed by atoms with Gasteiger partial charge in [-0.15, -0.1) is 0 Å². The molecule has 0 unspecified atom stereocenters. The number of nitrogens with two attached hydrogens (primary N) is 1. The fourth-order valence-electron chi connectivity index (χ4n) is 2.18. The lowest BCUT2D eigenvalue weighted by molar-refractivity contribution is -0.133. The number of halogens is 1. The smallest absolute Gasteiger partial charge is 0.244 e. The molecule has 0 fully saturated rings. The zero-order valence-corrected chi connectivity index (χ0v) is 12.8. The van der Waals surface area contributed by atoms with Crippen LogP contribution in [0.2, 0.25) is 5.02 Å². The Morgan fingerprint density at radius 2 is 1.76 bits per heavy atom. The summed E-state index contributed by atoms with van der Waals surface area (Å²) in [7, 11) is 0. The average Bonchev–Trinajstić information content (AvgIpc) is 2.53. The molecule has 0 radical (unpaired) electrons. The molecule has 3 nitrogen and oxygen atoms in total. The molecule has 0 spiro atoms. The Kier molecular flexibility index (Phi) is 5.37. The number of nitrogens with zero attached hydrogens (tertiary/aromatic N) is 1. The second kappa shape index (κ2) is 7.25. The molecular weight excluding hydrogens is 284 g/mol. The predicted octanol–water partition coefficient (Wildman–Crippen LogP) is 3.39. The quantitative estimate of drug-likeness (QED) is 0.920. The summed E-state index contributed by atoms with van der Waals surface area (Å²) in [6, 6.07) is 16.3. The molecule has 0 saturated carbocycles. The maximum Gasteiger partial charge on any atom is 0.244 e. The van der Waals surface area contributed by atoms with Crippen LogP contribution in [0.25, 0.3) is 0 Å². The average molecular weight is 303 g/mol. The molecule has 21 heavy (non-hydrogen) atoms. The highest BCUT2D eigenvalue weighted by atomic mass is 35.5. The number of benzene rings is 2. The van der Waals surface area contributed by atoms with Gasteiger partial charge in [0.2, 0.25) is 5.91 Å². The molecule has 2 aromatic rings. The van der Waals surface area contributed by atoms with E-state index in [1.54, 1.807) is 4.90 Å². The predicted molar refractivity (Wildman–Crippen MR) is 85.9 cm³/mol. The maximum atomic E-state index is 12.5. The van der Waals surface area contributed by atoms with Crippen molar-refractivity contribution in [1.29, 1.82) is 0 Å². The summed E-state index contributed by atoms with van der Waals surface area (Å²) in [5.41, 5.74) is 7.83. The molecule has 110 valence electrons. The third kappa shape index (κ3) is 3.84. The second-order valence-electron chi connectivity index (χ2n) is 4.83. The highest BCUT2D eigenvalue weighted by Crippen LogP contribution is 2.19. The number of hydrogen-bond donors (Lipinski definition) is 1. The van der Waals surface area contributed by atoms with Crippen molar-refractivity contribution in [1.82, 2.24) is 4.90 Å². The summed E-state index contributed by atoms with van der Waals surface area (Å²) < 4.78 is 0. The molecule has 4 heteroatoms. The van der Waals surface area contributed by atoms with Gasteiger partial charge in [0.05, 0.1) is 0 Å². The molecule has 0 aliphatic carbocycles. The molecule has 0 aliphatic heterocycles. The number of carbonyl (C=O) groups is 1. The van der Waals surface area contributed by atoms with Crippen molar-refractivity contribution in [3.8, 4) is 0 Å². The molecular formula is C17H19ClN2O. The lowest BCUT2D eigenvalue weighted by Gasteiger charge is -2.25. The number of likely N-dealkylation sites (N-methyl/N-ethyl adjacent to an activating group) is 1. The first-order valence-electron chi connectivity index (χ1n) is 6.96. The van der Waals surface area contributed by atoms with Crippen molar-refractivity contribution in [3.63, 3.8) is 0 Å². The monoisotopic (exact) mass is 302 g/mol. The van der Waals surface area contributed by atoms with E-state index in [2.05, 4.69) is 0 Å². The molecule has 2 aromatic carbocycles. The molecule has 2 rings (SSSR count). The van der Waals surface area contributed by atoms with Crippen LogP contribution in [-0.4, -0.2) is 17.4 Å². The van der Waals surface area contributed by atoms with Crippen molar-refractivity contribution in [2.45, 2.75) is 19.5 Å². The molecule has 2 N–H and O–H groups in total. The Hall–Kier alpha value is -1.84. The van der Waals surface area contributed by atoms with Crippen LogP contribution < -0.4 is 5.73 Å². The van der Waals surface area contributed by atoms with Gasteiger partial charge >= 0.3 is 0 Å². The van der Waals surface area contributed by atoms with E-state index in [1.165, 1.54) is 0 Å². The largest absolute Gasteiger partial charge is 0.337 e. The van der Waals surface area contributed by atoms with Crippen LogP contribution in [0.4, 0.5) is 0 Å². The normalized spacial score (nSPS) is 12.0. The Labute approximate surface area is 130 Å². The van der Waals surface area contributed by atoms with Crippen LogP contribution in [0.3, 0.4) is 0 Å². The van der Waals surface area contributed by atoms with Crippen molar-refractivity contribution in [3.05, 3.63) is 70.7 Å². The lowest BCUT2D eigenvalue weighted by Crippen LogP contribution is -2.38.